The van der Waals surface area contributed by atoms with Crippen molar-refractivity contribution in [2.45, 2.75) is 32.7 Å². The summed E-state index contributed by atoms with van der Waals surface area (Å²) >= 11 is 0. The molecule has 2 aliphatic rings. The third-order valence-corrected chi connectivity index (χ3v) is 5.23. The summed E-state index contributed by atoms with van der Waals surface area (Å²) in [5.41, 5.74) is 2.48. The van der Waals surface area contributed by atoms with Crippen LogP contribution in [0.15, 0.2) is 23.4 Å². The first-order chi connectivity index (χ1) is 13.5. The molecule has 1 aliphatic carbocycles. The number of anilines is 1. The zero-order chi connectivity index (χ0) is 20.0. The minimum absolute atomic E-state index is 0.124. The predicted octanol–water partition coefficient (Wildman–Crippen LogP) is 2.88. The van der Waals surface area contributed by atoms with Gasteiger partial charge in [0.2, 0.25) is 11.7 Å². The Morgan fingerprint density at radius 1 is 1.11 bits per heavy atom. The van der Waals surface area contributed by atoms with Gasteiger partial charge in [-0.05, 0) is 37.0 Å². The number of ketones is 1. The van der Waals surface area contributed by atoms with Crippen molar-refractivity contribution in [1.82, 2.24) is 14.8 Å². The molecule has 0 saturated heterocycles. The van der Waals surface area contributed by atoms with Crippen molar-refractivity contribution in [3.05, 3.63) is 34.8 Å². The minimum atomic E-state index is -0.402. The highest BCUT2D eigenvalue weighted by atomic mass is 16.5. The lowest BCUT2D eigenvalue weighted by molar-refractivity contribution is -0.117. The predicted molar refractivity (Wildman–Crippen MR) is 103 cm³/mol. The molecule has 1 aromatic carbocycles. The van der Waals surface area contributed by atoms with Gasteiger partial charge in [0.05, 0.1) is 21.3 Å². The lowest BCUT2D eigenvalue weighted by atomic mass is 9.81. The number of Topliss-reactive ketones (excluding diaryl/α,β-unsaturated/α-hetero) is 1. The number of hydrogen-bond donors (Lipinski definition) is 1. The SMILES string of the molecule is COc1cc([C@@H]2C3=C(C[C@@H](C)CC3=O)Nc3nc(C)nn32)cc(OC)c1OC. The highest BCUT2D eigenvalue weighted by Gasteiger charge is 2.39. The quantitative estimate of drug-likeness (QED) is 0.867. The van der Waals surface area contributed by atoms with Crippen molar-refractivity contribution in [2.24, 2.45) is 5.92 Å². The molecule has 2 heterocycles. The van der Waals surface area contributed by atoms with E-state index in [2.05, 4.69) is 22.3 Å². The van der Waals surface area contributed by atoms with Gasteiger partial charge in [-0.3, -0.25) is 4.79 Å². The van der Waals surface area contributed by atoms with Crippen molar-refractivity contribution in [1.29, 1.82) is 0 Å². The van der Waals surface area contributed by atoms with Crippen molar-refractivity contribution in [2.75, 3.05) is 26.6 Å². The van der Waals surface area contributed by atoms with E-state index in [0.29, 0.717) is 35.4 Å². The molecule has 148 valence electrons. The lowest BCUT2D eigenvalue weighted by Gasteiger charge is -2.34. The maximum Gasteiger partial charge on any atom is 0.226 e. The molecule has 8 heteroatoms. The number of ether oxygens (including phenoxy) is 3. The Balaban J connectivity index is 1.95. The summed E-state index contributed by atoms with van der Waals surface area (Å²) in [4.78, 5) is 17.5. The summed E-state index contributed by atoms with van der Waals surface area (Å²) in [5.74, 6) is 3.27. The number of aryl methyl sites for hydroxylation is 1. The van der Waals surface area contributed by atoms with Crippen LogP contribution in [0.2, 0.25) is 0 Å². The van der Waals surface area contributed by atoms with Gasteiger partial charge in [-0.25, -0.2) is 4.68 Å². The molecule has 8 nitrogen and oxygen atoms in total. The van der Waals surface area contributed by atoms with E-state index in [4.69, 9.17) is 14.2 Å². The number of benzene rings is 1. The smallest absolute Gasteiger partial charge is 0.226 e. The second-order valence-electron chi connectivity index (χ2n) is 7.24. The van der Waals surface area contributed by atoms with E-state index in [-0.39, 0.29) is 11.7 Å². The van der Waals surface area contributed by atoms with Crippen LogP contribution in [0.5, 0.6) is 17.2 Å². The number of fused-ring (bicyclic) bond motifs is 1. The maximum atomic E-state index is 13.0. The summed E-state index contributed by atoms with van der Waals surface area (Å²) in [7, 11) is 4.72. The fourth-order valence-corrected chi connectivity index (χ4v) is 4.08. The van der Waals surface area contributed by atoms with Gasteiger partial charge < -0.3 is 19.5 Å². The molecule has 1 aromatic heterocycles. The fraction of sp³-hybridized carbons (Fsp3) is 0.450. The van der Waals surface area contributed by atoms with Gasteiger partial charge in [0.1, 0.15) is 11.9 Å². The first-order valence-corrected chi connectivity index (χ1v) is 9.23. The van der Waals surface area contributed by atoms with Crippen molar-refractivity contribution >= 4 is 11.7 Å². The summed E-state index contributed by atoms with van der Waals surface area (Å²) in [5, 5.41) is 7.87. The van der Waals surface area contributed by atoms with Crippen LogP contribution in [-0.4, -0.2) is 41.9 Å². The Bertz CT molecular complexity index is 954. The molecular formula is C20H24N4O4. The number of rotatable bonds is 4. The first-order valence-electron chi connectivity index (χ1n) is 9.23. The Hall–Kier alpha value is -3.03. The number of nitrogens with zero attached hydrogens (tertiary/aromatic N) is 3. The Labute approximate surface area is 163 Å². The van der Waals surface area contributed by atoms with Gasteiger partial charge >= 0.3 is 0 Å². The van der Waals surface area contributed by atoms with E-state index in [1.807, 2.05) is 19.1 Å². The maximum absolute atomic E-state index is 13.0. The van der Waals surface area contributed by atoms with Crippen LogP contribution >= 0.6 is 0 Å². The van der Waals surface area contributed by atoms with Gasteiger partial charge in [-0.15, -0.1) is 0 Å². The topological polar surface area (TPSA) is 87.5 Å². The average molecular weight is 384 g/mol. The Morgan fingerprint density at radius 2 is 1.79 bits per heavy atom. The van der Waals surface area contributed by atoms with Crippen LogP contribution in [0.1, 0.15) is 37.2 Å². The Morgan fingerprint density at radius 3 is 2.39 bits per heavy atom. The molecule has 0 radical (unpaired) electrons. The summed E-state index contributed by atoms with van der Waals surface area (Å²) in [6, 6.07) is 3.34. The van der Waals surface area contributed by atoms with E-state index in [1.54, 1.807) is 26.0 Å². The van der Waals surface area contributed by atoms with Crippen LogP contribution < -0.4 is 19.5 Å². The molecule has 2 aromatic rings. The van der Waals surface area contributed by atoms with Crippen LogP contribution in [0, 0.1) is 12.8 Å². The first kappa shape index (κ1) is 18.3. The number of nitrogens with one attached hydrogen (secondary N) is 1. The second kappa shape index (κ2) is 6.85. The van der Waals surface area contributed by atoms with Crippen LogP contribution in [0.3, 0.4) is 0 Å². The standard InChI is InChI=1S/C20H24N4O4/c1-10-6-13-17(14(25)7-10)18(24-20(22-13)21-11(2)23-24)12-8-15(26-3)19(28-5)16(9-12)27-4/h8-10,18H,6-7H2,1-5H3,(H,21,22,23)/t10-,18-/m1/s1. The summed E-state index contributed by atoms with van der Waals surface area (Å²) < 4.78 is 18.2. The van der Waals surface area contributed by atoms with Gasteiger partial charge in [-0.1, -0.05) is 6.92 Å². The van der Waals surface area contributed by atoms with Gasteiger partial charge in [0.25, 0.3) is 0 Å². The van der Waals surface area contributed by atoms with E-state index < -0.39 is 6.04 Å². The highest BCUT2D eigenvalue weighted by molar-refractivity contribution is 5.99. The molecule has 0 saturated carbocycles. The largest absolute Gasteiger partial charge is 0.493 e. The van der Waals surface area contributed by atoms with Crippen molar-refractivity contribution in [3.8, 4) is 17.2 Å². The number of carbonyl (C=O) groups excluding carboxylic acids is 1. The molecule has 0 spiro atoms. The molecule has 28 heavy (non-hydrogen) atoms. The number of methoxy groups -OCH3 is 3. The minimum Gasteiger partial charge on any atom is -0.493 e. The molecule has 1 N–H and O–H groups in total. The van der Waals surface area contributed by atoms with Gasteiger partial charge in [0, 0.05) is 17.7 Å². The lowest BCUT2D eigenvalue weighted by Crippen LogP contribution is -2.33. The molecule has 0 fully saturated rings. The second-order valence-corrected chi connectivity index (χ2v) is 7.24. The summed E-state index contributed by atoms with van der Waals surface area (Å²) in [6.07, 6.45) is 1.32. The zero-order valence-electron chi connectivity index (χ0n) is 16.7. The van der Waals surface area contributed by atoms with Crippen LogP contribution in [-0.2, 0) is 4.79 Å². The Kier molecular flexibility index (Phi) is 4.49. The molecule has 2 atom stereocenters. The number of hydrogen-bond acceptors (Lipinski definition) is 7. The number of carbonyl (C=O) groups is 1. The molecule has 4 rings (SSSR count). The normalized spacial score (nSPS) is 21.0. The number of allylic oxidation sites excluding steroid dienone is 2. The van der Waals surface area contributed by atoms with E-state index in [9.17, 15) is 4.79 Å². The van der Waals surface area contributed by atoms with E-state index in [0.717, 1.165) is 23.3 Å². The summed E-state index contributed by atoms with van der Waals surface area (Å²) in [6.45, 7) is 3.92. The van der Waals surface area contributed by atoms with Gasteiger partial charge in [-0.2, -0.15) is 10.1 Å². The fourth-order valence-electron chi connectivity index (χ4n) is 4.08. The van der Waals surface area contributed by atoms with E-state index in [1.165, 1.54) is 0 Å². The molecular weight excluding hydrogens is 360 g/mol. The monoisotopic (exact) mass is 384 g/mol. The number of aromatic nitrogens is 3. The average Bonchev–Trinajstić information content (AvgIpc) is 3.04. The third-order valence-electron chi connectivity index (χ3n) is 5.23. The molecule has 0 unspecified atom stereocenters. The van der Waals surface area contributed by atoms with Crippen molar-refractivity contribution < 1.29 is 19.0 Å². The van der Waals surface area contributed by atoms with Crippen LogP contribution in [0.25, 0.3) is 0 Å². The van der Waals surface area contributed by atoms with E-state index >= 15 is 0 Å². The van der Waals surface area contributed by atoms with Crippen LogP contribution in [0.4, 0.5) is 5.95 Å². The van der Waals surface area contributed by atoms with Crippen molar-refractivity contribution in [3.63, 3.8) is 0 Å². The zero-order valence-corrected chi connectivity index (χ0v) is 16.7. The third kappa shape index (κ3) is 2.80. The highest BCUT2D eigenvalue weighted by Crippen LogP contribution is 2.46. The molecule has 0 amide bonds. The van der Waals surface area contributed by atoms with Gasteiger partial charge in [0.15, 0.2) is 17.3 Å². The molecule has 1 aliphatic heterocycles. The molecule has 0 bridgehead atoms.